The van der Waals surface area contributed by atoms with Gasteiger partial charge in [-0.05, 0) is 74.6 Å². The fourth-order valence-electron chi connectivity index (χ4n) is 5.39. The van der Waals surface area contributed by atoms with E-state index in [1.807, 2.05) is 0 Å². The predicted molar refractivity (Wildman–Crippen MR) is 152 cm³/mol. The molecule has 0 aliphatic rings. The quantitative estimate of drug-likeness (QED) is 0.139. The molecule has 0 bridgehead atoms. The molecule has 0 fully saturated rings. The second kappa shape index (κ2) is 11.3. The van der Waals surface area contributed by atoms with E-state index in [4.69, 9.17) is 63.1 Å². The second-order valence-electron chi connectivity index (χ2n) is 11.1. The maximum Gasteiger partial charge on any atom is 0.0146 e. The van der Waals surface area contributed by atoms with Gasteiger partial charge in [-0.2, -0.15) is 75.8 Å². The van der Waals surface area contributed by atoms with Crippen LogP contribution in [0.1, 0.15) is 68.2 Å². The Morgan fingerprint density at radius 2 is 1.00 bits per heavy atom. The van der Waals surface area contributed by atoms with E-state index in [0.717, 1.165) is 41.6 Å². The minimum atomic E-state index is -0.131. The summed E-state index contributed by atoms with van der Waals surface area (Å²) in [5.74, 6) is 4.50. The van der Waals surface area contributed by atoms with Crippen molar-refractivity contribution in [3.05, 3.63) is 0 Å². The summed E-state index contributed by atoms with van der Waals surface area (Å²) < 4.78 is 0. The average Bonchev–Trinajstić information content (AvgIpc) is 2.63. The van der Waals surface area contributed by atoms with E-state index in [-0.39, 0.29) is 32.3 Å². The Morgan fingerprint density at radius 1 is 0.607 bits per heavy atom. The van der Waals surface area contributed by atoms with Gasteiger partial charge in [0.2, 0.25) is 0 Å². The topological polar surface area (TPSA) is 0 Å². The minimum Gasteiger partial charge on any atom is -0.179 e. The normalized spacial score (nSPS) is 16.9. The highest BCUT2D eigenvalue weighted by Gasteiger charge is 2.65. The third-order valence-corrected chi connectivity index (χ3v) is 11.8. The Hall–Kier alpha value is 2.10. The first-order valence-electron chi connectivity index (χ1n) is 10.3. The van der Waals surface area contributed by atoms with Crippen LogP contribution in [0.25, 0.3) is 0 Å². The van der Waals surface area contributed by atoms with Crippen molar-refractivity contribution in [2.75, 3.05) is 28.8 Å². The summed E-state index contributed by atoms with van der Waals surface area (Å²) in [4.78, 5) is 0. The van der Waals surface area contributed by atoms with Crippen LogP contribution in [0.4, 0.5) is 0 Å². The molecule has 2 unspecified atom stereocenters. The van der Waals surface area contributed by atoms with E-state index in [0.29, 0.717) is 5.92 Å². The lowest BCUT2D eigenvalue weighted by Crippen LogP contribution is -2.66. The molecule has 6 heteroatoms. The molecule has 0 saturated heterocycles. The van der Waals surface area contributed by atoms with Gasteiger partial charge >= 0.3 is 0 Å². The molecule has 0 heterocycles. The molecule has 0 saturated carbocycles. The van der Waals surface area contributed by atoms with Crippen LogP contribution in [0.5, 0.6) is 0 Å². The van der Waals surface area contributed by atoms with Crippen LogP contribution in [0, 0.1) is 33.0 Å². The molecule has 0 nitrogen and oxygen atoms in total. The lowest BCUT2D eigenvalue weighted by Gasteiger charge is -2.67. The molecule has 2 atom stereocenters. The lowest BCUT2D eigenvalue weighted by molar-refractivity contribution is -0.135. The SMILES string of the molecule is CC(C)(CS)C(S)C(C(CCCS)C(C)(C)CS)(C(C)(C)CS)C(C)(C)CS. The molecule has 0 spiro atoms. The van der Waals surface area contributed by atoms with Crippen molar-refractivity contribution < 1.29 is 0 Å². The van der Waals surface area contributed by atoms with Crippen molar-refractivity contribution >= 4 is 75.8 Å². The molecular formula is C22H46S6. The van der Waals surface area contributed by atoms with Crippen molar-refractivity contribution in [2.45, 2.75) is 73.5 Å². The standard InChI is InChI=1S/C22H46S6/c1-18(2,12-24)16(10-9-11-23)22(20(5,6)14-26,21(7,8)15-27)17(28)19(3,4)13-25/h16-17,23-28H,9-15H2,1-8H3. The van der Waals surface area contributed by atoms with Crippen LogP contribution in [0.2, 0.25) is 0 Å². The van der Waals surface area contributed by atoms with Gasteiger partial charge in [-0.3, -0.25) is 0 Å². The third-order valence-electron chi connectivity index (χ3n) is 7.16. The van der Waals surface area contributed by atoms with Crippen molar-refractivity contribution in [1.29, 1.82) is 0 Å². The van der Waals surface area contributed by atoms with Crippen LogP contribution in [-0.4, -0.2) is 34.0 Å². The maximum atomic E-state index is 5.44. The first-order valence-corrected chi connectivity index (χ1v) is 14.0. The molecule has 170 valence electrons. The fraction of sp³-hybridized carbons (Fsp3) is 1.00. The van der Waals surface area contributed by atoms with Gasteiger partial charge in [-0.15, -0.1) is 0 Å². The number of rotatable bonds is 13. The number of hydrogen-bond acceptors (Lipinski definition) is 6. The number of thiol groups is 6. The van der Waals surface area contributed by atoms with Crippen LogP contribution in [0.3, 0.4) is 0 Å². The Morgan fingerprint density at radius 3 is 1.29 bits per heavy atom. The van der Waals surface area contributed by atoms with Gasteiger partial charge in [-0.25, -0.2) is 0 Å². The Labute approximate surface area is 209 Å². The zero-order valence-corrected chi connectivity index (χ0v) is 24.7. The first kappa shape index (κ1) is 30.1. The monoisotopic (exact) mass is 502 g/mol. The molecule has 28 heavy (non-hydrogen) atoms. The van der Waals surface area contributed by atoms with Gasteiger partial charge in [0.25, 0.3) is 0 Å². The summed E-state index contributed by atoms with van der Waals surface area (Å²) in [6, 6.07) is 0. The third kappa shape index (κ3) is 5.71. The summed E-state index contributed by atoms with van der Waals surface area (Å²) in [6.45, 7) is 18.9. The van der Waals surface area contributed by atoms with Gasteiger partial charge < -0.3 is 0 Å². The summed E-state index contributed by atoms with van der Waals surface area (Å²) in [7, 11) is 0. The van der Waals surface area contributed by atoms with Gasteiger partial charge in [0.05, 0.1) is 0 Å². The van der Waals surface area contributed by atoms with Crippen molar-refractivity contribution in [3.8, 4) is 0 Å². The summed E-state index contributed by atoms with van der Waals surface area (Å²) in [5.41, 5.74) is -0.250. The summed E-state index contributed by atoms with van der Waals surface area (Å²) >= 11 is 29.3. The van der Waals surface area contributed by atoms with Crippen molar-refractivity contribution in [3.63, 3.8) is 0 Å². The smallest absolute Gasteiger partial charge is 0.0146 e. The van der Waals surface area contributed by atoms with E-state index in [2.05, 4.69) is 68.0 Å². The van der Waals surface area contributed by atoms with E-state index in [1.165, 1.54) is 0 Å². The van der Waals surface area contributed by atoms with E-state index >= 15 is 0 Å². The van der Waals surface area contributed by atoms with E-state index in [1.54, 1.807) is 0 Å². The highest BCUT2D eigenvalue weighted by Crippen LogP contribution is 2.67. The first-order chi connectivity index (χ1) is 12.6. The van der Waals surface area contributed by atoms with Crippen LogP contribution in [0.15, 0.2) is 0 Å². The van der Waals surface area contributed by atoms with Crippen molar-refractivity contribution in [2.24, 2.45) is 33.0 Å². The molecule has 0 N–H and O–H groups in total. The van der Waals surface area contributed by atoms with E-state index in [9.17, 15) is 0 Å². The summed E-state index contributed by atoms with van der Waals surface area (Å²) in [6.07, 6.45) is 2.19. The largest absolute Gasteiger partial charge is 0.179 e. The highest BCUT2D eigenvalue weighted by atomic mass is 32.1. The Kier molecular flexibility index (Phi) is 12.1. The maximum absolute atomic E-state index is 5.44. The Balaban J connectivity index is 7.29. The number of hydrogen-bond donors (Lipinski definition) is 6. The van der Waals surface area contributed by atoms with E-state index < -0.39 is 0 Å². The molecule has 0 aromatic carbocycles. The highest BCUT2D eigenvalue weighted by molar-refractivity contribution is 7.82. The van der Waals surface area contributed by atoms with Gasteiger partial charge in [-0.1, -0.05) is 55.4 Å². The van der Waals surface area contributed by atoms with Crippen LogP contribution in [-0.2, 0) is 0 Å². The summed E-state index contributed by atoms with van der Waals surface area (Å²) in [5, 5.41) is 0.130. The van der Waals surface area contributed by atoms with Gasteiger partial charge in [0.15, 0.2) is 0 Å². The van der Waals surface area contributed by atoms with Gasteiger partial charge in [0, 0.05) is 5.25 Å². The van der Waals surface area contributed by atoms with Gasteiger partial charge in [0.1, 0.15) is 0 Å². The van der Waals surface area contributed by atoms with Crippen LogP contribution < -0.4 is 0 Å². The molecule has 0 aliphatic heterocycles. The lowest BCUT2D eigenvalue weighted by atomic mass is 9.41. The molecular weight excluding hydrogens is 457 g/mol. The molecule has 0 aromatic heterocycles. The molecule has 0 amide bonds. The zero-order chi connectivity index (χ0) is 22.6. The molecule has 0 radical (unpaired) electrons. The van der Waals surface area contributed by atoms with Crippen LogP contribution >= 0.6 is 75.8 Å². The minimum absolute atomic E-state index is 0.0418. The second-order valence-corrected chi connectivity index (χ2v) is 13.3. The predicted octanol–water partition coefficient (Wildman–Crippen LogP) is 7.42. The zero-order valence-electron chi connectivity index (χ0n) is 19.3. The van der Waals surface area contributed by atoms with Crippen molar-refractivity contribution in [1.82, 2.24) is 0 Å². The molecule has 0 rings (SSSR count). The molecule has 0 aromatic rings. The molecule has 0 aliphatic carbocycles. The Bertz CT molecular complexity index is 454. The fourth-order valence-corrected chi connectivity index (χ4v) is 7.62. The average molecular weight is 503 g/mol.